The number of isocyanates is 1. The number of benzene rings is 1. The van der Waals surface area contributed by atoms with E-state index in [1.807, 2.05) is 38.1 Å². The molecule has 0 bridgehead atoms. The molecule has 80 valence electrons. The van der Waals surface area contributed by atoms with Crippen LogP contribution in [0, 0.1) is 5.92 Å². The van der Waals surface area contributed by atoms with Gasteiger partial charge in [0.05, 0.1) is 13.2 Å². The molecule has 0 saturated carbocycles. The molecule has 0 saturated heterocycles. The third kappa shape index (κ3) is 2.93. The number of nitrogens with zero attached hydrogens (tertiary/aromatic N) is 1. The van der Waals surface area contributed by atoms with Crippen molar-refractivity contribution >= 4 is 6.08 Å². The molecule has 0 N–H and O–H groups in total. The van der Waals surface area contributed by atoms with E-state index in [4.69, 9.17) is 4.74 Å². The zero-order chi connectivity index (χ0) is 11.3. The topological polar surface area (TPSA) is 38.7 Å². The summed E-state index contributed by atoms with van der Waals surface area (Å²) in [4.78, 5) is 14.1. The Kier molecular flexibility index (Phi) is 4.07. The van der Waals surface area contributed by atoms with Crippen molar-refractivity contribution in [3.8, 4) is 5.75 Å². The second-order valence-electron chi connectivity index (χ2n) is 3.68. The number of hydrogen-bond acceptors (Lipinski definition) is 3. The summed E-state index contributed by atoms with van der Waals surface area (Å²) in [6.45, 7) is 4.05. The molecule has 15 heavy (non-hydrogen) atoms. The number of ether oxygens (including phenoxy) is 1. The standard InChI is InChI=1S/C12H15NO2/c1-9(2)12(13-8-14)10-4-6-11(15-3)7-5-10/h4-7,9,12H,1-3H3. The second-order valence-corrected chi connectivity index (χ2v) is 3.68. The Labute approximate surface area is 89.8 Å². The zero-order valence-electron chi connectivity index (χ0n) is 9.23. The average molecular weight is 205 g/mol. The normalized spacial score (nSPS) is 12.0. The maximum atomic E-state index is 10.3. The van der Waals surface area contributed by atoms with E-state index in [1.54, 1.807) is 13.2 Å². The SMILES string of the molecule is COc1ccc(C(N=C=O)C(C)C)cc1. The Morgan fingerprint density at radius 1 is 1.27 bits per heavy atom. The molecule has 0 aliphatic carbocycles. The molecule has 0 amide bonds. The van der Waals surface area contributed by atoms with Crippen molar-refractivity contribution < 1.29 is 9.53 Å². The number of rotatable bonds is 4. The summed E-state index contributed by atoms with van der Waals surface area (Å²) in [7, 11) is 1.62. The first kappa shape index (κ1) is 11.5. The highest BCUT2D eigenvalue weighted by molar-refractivity contribution is 5.37. The van der Waals surface area contributed by atoms with Crippen LogP contribution in [0.5, 0.6) is 5.75 Å². The second kappa shape index (κ2) is 5.32. The van der Waals surface area contributed by atoms with Crippen molar-refractivity contribution in [2.45, 2.75) is 19.9 Å². The first-order chi connectivity index (χ1) is 7.19. The molecule has 0 aliphatic rings. The van der Waals surface area contributed by atoms with Crippen molar-refractivity contribution in [3.05, 3.63) is 29.8 Å². The first-order valence-electron chi connectivity index (χ1n) is 4.90. The molecule has 0 aromatic heterocycles. The summed E-state index contributed by atoms with van der Waals surface area (Å²) in [5.74, 6) is 1.08. The molecule has 0 heterocycles. The number of methoxy groups -OCH3 is 1. The largest absolute Gasteiger partial charge is 0.497 e. The van der Waals surface area contributed by atoms with Gasteiger partial charge in [-0.3, -0.25) is 0 Å². The highest BCUT2D eigenvalue weighted by atomic mass is 16.5. The maximum Gasteiger partial charge on any atom is 0.235 e. The lowest BCUT2D eigenvalue weighted by Gasteiger charge is -2.15. The Balaban J connectivity index is 2.96. The van der Waals surface area contributed by atoms with Gasteiger partial charge in [0.2, 0.25) is 6.08 Å². The highest BCUT2D eigenvalue weighted by Crippen LogP contribution is 2.26. The van der Waals surface area contributed by atoms with Crippen LogP contribution in [-0.4, -0.2) is 13.2 Å². The van der Waals surface area contributed by atoms with Gasteiger partial charge in [0.25, 0.3) is 0 Å². The van der Waals surface area contributed by atoms with Crippen LogP contribution in [0.2, 0.25) is 0 Å². The van der Waals surface area contributed by atoms with Crippen LogP contribution in [-0.2, 0) is 4.79 Å². The number of hydrogen-bond donors (Lipinski definition) is 0. The molecule has 0 fully saturated rings. The van der Waals surface area contributed by atoms with Crippen LogP contribution in [0.25, 0.3) is 0 Å². The van der Waals surface area contributed by atoms with Gasteiger partial charge in [-0.05, 0) is 23.6 Å². The molecule has 0 radical (unpaired) electrons. The van der Waals surface area contributed by atoms with Gasteiger partial charge in [0, 0.05) is 0 Å². The Morgan fingerprint density at radius 3 is 2.27 bits per heavy atom. The molecule has 1 unspecified atom stereocenters. The van der Waals surface area contributed by atoms with Crippen molar-refractivity contribution in [1.29, 1.82) is 0 Å². The van der Waals surface area contributed by atoms with E-state index < -0.39 is 0 Å². The summed E-state index contributed by atoms with van der Waals surface area (Å²) in [6.07, 6.45) is 1.62. The van der Waals surface area contributed by atoms with Gasteiger partial charge in [-0.1, -0.05) is 26.0 Å². The molecule has 0 spiro atoms. The monoisotopic (exact) mass is 205 g/mol. The van der Waals surface area contributed by atoms with E-state index in [-0.39, 0.29) is 12.0 Å². The maximum absolute atomic E-state index is 10.3. The number of aliphatic imine (C=N–C) groups is 1. The quantitative estimate of drug-likeness (QED) is 0.560. The molecule has 1 rings (SSSR count). The summed E-state index contributed by atoms with van der Waals surface area (Å²) in [5, 5.41) is 0. The summed E-state index contributed by atoms with van der Waals surface area (Å²) in [5.41, 5.74) is 1.01. The lowest BCUT2D eigenvalue weighted by molar-refractivity contribution is 0.414. The molecular weight excluding hydrogens is 190 g/mol. The van der Waals surface area contributed by atoms with Gasteiger partial charge >= 0.3 is 0 Å². The van der Waals surface area contributed by atoms with Crippen molar-refractivity contribution in [2.24, 2.45) is 10.9 Å². The lowest BCUT2D eigenvalue weighted by Crippen LogP contribution is -2.03. The minimum Gasteiger partial charge on any atom is -0.497 e. The van der Waals surface area contributed by atoms with Gasteiger partial charge in [-0.25, -0.2) is 4.79 Å². The number of carbonyl (C=O) groups excluding carboxylic acids is 1. The van der Waals surface area contributed by atoms with Crippen LogP contribution in [0.3, 0.4) is 0 Å². The minimum absolute atomic E-state index is 0.117. The summed E-state index contributed by atoms with van der Waals surface area (Å²) in [6, 6.07) is 7.46. The van der Waals surface area contributed by atoms with E-state index in [2.05, 4.69) is 4.99 Å². The highest BCUT2D eigenvalue weighted by Gasteiger charge is 2.14. The molecule has 1 aromatic carbocycles. The van der Waals surface area contributed by atoms with Gasteiger partial charge < -0.3 is 4.74 Å². The van der Waals surface area contributed by atoms with E-state index >= 15 is 0 Å². The Hall–Kier alpha value is -1.60. The van der Waals surface area contributed by atoms with Crippen molar-refractivity contribution in [1.82, 2.24) is 0 Å². The van der Waals surface area contributed by atoms with Gasteiger partial charge in [-0.2, -0.15) is 4.99 Å². The van der Waals surface area contributed by atoms with Gasteiger partial charge in [0.1, 0.15) is 5.75 Å². The van der Waals surface area contributed by atoms with Crippen molar-refractivity contribution in [2.75, 3.05) is 7.11 Å². The molecule has 1 atom stereocenters. The Bertz CT molecular complexity index is 350. The third-order valence-corrected chi connectivity index (χ3v) is 2.28. The fraction of sp³-hybridized carbons (Fsp3) is 0.417. The predicted octanol–water partition coefficient (Wildman–Crippen LogP) is 2.73. The van der Waals surface area contributed by atoms with E-state index in [1.165, 1.54) is 0 Å². The van der Waals surface area contributed by atoms with Gasteiger partial charge in [-0.15, -0.1) is 0 Å². The smallest absolute Gasteiger partial charge is 0.235 e. The first-order valence-corrected chi connectivity index (χ1v) is 4.90. The van der Waals surface area contributed by atoms with Crippen LogP contribution in [0.1, 0.15) is 25.5 Å². The summed E-state index contributed by atoms with van der Waals surface area (Å²) < 4.78 is 5.06. The molecule has 3 heteroatoms. The van der Waals surface area contributed by atoms with E-state index in [9.17, 15) is 4.79 Å². The van der Waals surface area contributed by atoms with Gasteiger partial charge in [0.15, 0.2) is 0 Å². The average Bonchev–Trinajstić information content (AvgIpc) is 2.26. The fourth-order valence-corrected chi connectivity index (χ4v) is 1.47. The van der Waals surface area contributed by atoms with Crippen LogP contribution < -0.4 is 4.74 Å². The lowest BCUT2D eigenvalue weighted by atomic mass is 9.97. The molecule has 1 aromatic rings. The minimum atomic E-state index is -0.117. The fourth-order valence-electron chi connectivity index (χ4n) is 1.47. The summed E-state index contributed by atoms with van der Waals surface area (Å²) >= 11 is 0. The molecular formula is C12H15NO2. The molecule has 0 aliphatic heterocycles. The predicted molar refractivity (Wildman–Crippen MR) is 58.7 cm³/mol. The van der Waals surface area contributed by atoms with Crippen molar-refractivity contribution in [3.63, 3.8) is 0 Å². The third-order valence-electron chi connectivity index (χ3n) is 2.28. The zero-order valence-corrected chi connectivity index (χ0v) is 9.23. The Morgan fingerprint density at radius 2 is 1.87 bits per heavy atom. The molecule has 3 nitrogen and oxygen atoms in total. The van der Waals surface area contributed by atoms with Crippen LogP contribution in [0.15, 0.2) is 29.3 Å². The van der Waals surface area contributed by atoms with E-state index in [0.717, 1.165) is 11.3 Å². The van der Waals surface area contributed by atoms with E-state index in [0.29, 0.717) is 0 Å². The van der Waals surface area contributed by atoms with Crippen LogP contribution >= 0.6 is 0 Å². The van der Waals surface area contributed by atoms with Crippen LogP contribution in [0.4, 0.5) is 0 Å².